The summed E-state index contributed by atoms with van der Waals surface area (Å²) in [7, 11) is -3.84. The molecule has 0 unspecified atom stereocenters. The molecule has 0 aliphatic carbocycles. The van der Waals surface area contributed by atoms with Gasteiger partial charge in [-0.25, -0.2) is 18.4 Å². The molecular weight excluding hydrogens is 314 g/mol. The van der Waals surface area contributed by atoms with E-state index in [4.69, 9.17) is 16.7 Å². The molecule has 0 amide bonds. The first kappa shape index (κ1) is 15.3. The molecule has 0 aliphatic rings. The van der Waals surface area contributed by atoms with E-state index in [-0.39, 0.29) is 22.2 Å². The summed E-state index contributed by atoms with van der Waals surface area (Å²) in [5.74, 6) is 5.10. The van der Waals surface area contributed by atoms with Gasteiger partial charge in [0, 0.05) is 5.56 Å². The molecule has 2 N–H and O–H groups in total. The molecule has 0 spiro atoms. The molecule has 1 aromatic heterocycles. The number of hydrogen-bond donors (Lipinski definition) is 2. The summed E-state index contributed by atoms with van der Waals surface area (Å²) < 4.78 is 26.8. The van der Waals surface area contributed by atoms with Crippen molar-refractivity contribution in [2.45, 2.75) is 4.90 Å². The number of aliphatic hydroxyl groups excluding tert-OH is 1. The van der Waals surface area contributed by atoms with Gasteiger partial charge in [0.1, 0.15) is 17.8 Å². The normalized spacial score (nSPS) is 10.6. The van der Waals surface area contributed by atoms with Crippen LogP contribution in [0.2, 0.25) is 5.02 Å². The van der Waals surface area contributed by atoms with Crippen molar-refractivity contribution in [3.05, 3.63) is 47.5 Å². The summed E-state index contributed by atoms with van der Waals surface area (Å²) >= 11 is 5.98. The fraction of sp³-hybridized carbons (Fsp3) is 0.0769. The minimum absolute atomic E-state index is 0.0316. The van der Waals surface area contributed by atoms with Crippen molar-refractivity contribution in [2.24, 2.45) is 0 Å². The van der Waals surface area contributed by atoms with Gasteiger partial charge in [0.25, 0.3) is 10.0 Å². The van der Waals surface area contributed by atoms with Crippen LogP contribution >= 0.6 is 11.6 Å². The summed E-state index contributed by atoms with van der Waals surface area (Å²) in [5, 5.41) is 8.65. The second-order valence-electron chi connectivity index (χ2n) is 3.84. The summed E-state index contributed by atoms with van der Waals surface area (Å²) in [5.41, 5.74) is 0.744. The van der Waals surface area contributed by atoms with Crippen LogP contribution in [0.4, 0.5) is 5.69 Å². The first-order chi connectivity index (χ1) is 10.0. The van der Waals surface area contributed by atoms with Crippen LogP contribution < -0.4 is 4.72 Å². The van der Waals surface area contributed by atoms with E-state index in [9.17, 15) is 8.42 Å². The van der Waals surface area contributed by atoms with Crippen molar-refractivity contribution in [1.29, 1.82) is 0 Å². The lowest BCUT2D eigenvalue weighted by atomic mass is 10.2. The maximum Gasteiger partial charge on any atom is 0.263 e. The van der Waals surface area contributed by atoms with Crippen LogP contribution in [0, 0.1) is 11.8 Å². The average Bonchev–Trinajstić information content (AvgIpc) is 2.45. The minimum atomic E-state index is -3.84. The Morgan fingerprint density at radius 2 is 2.00 bits per heavy atom. The fourth-order valence-electron chi connectivity index (χ4n) is 1.50. The Hall–Kier alpha value is -2.14. The molecular formula is C13H10ClN3O3S. The van der Waals surface area contributed by atoms with Gasteiger partial charge in [-0.05, 0) is 18.2 Å². The number of nitrogens with one attached hydrogen (secondary N) is 1. The van der Waals surface area contributed by atoms with Crippen molar-refractivity contribution in [3.63, 3.8) is 0 Å². The van der Waals surface area contributed by atoms with Crippen molar-refractivity contribution < 1.29 is 13.5 Å². The van der Waals surface area contributed by atoms with Crippen LogP contribution in [0.3, 0.4) is 0 Å². The molecule has 8 heteroatoms. The first-order valence-electron chi connectivity index (χ1n) is 5.70. The van der Waals surface area contributed by atoms with E-state index in [0.29, 0.717) is 5.56 Å². The topological polar surface area (TPSA) is 92.2 Å². The highest BCUT2D eigenvalue weighted by Crippen LogP contribution is 2.24. The third kappa shape index (κ3) is 3.92. The summed E-state index contributed by atoms with van der Waals surface area (Å²) in [6, 6.07) is 4.26. The zero-order chi connectivity index (χ0) is 15.3. The second-order valence-corrected chi connectivity index (χ2v) is 5.90. The molecule has 0 saturated carbocycles. The van der Waals surface area contributed by atoms with Crippen LogP contribution in [-0.4, -0.2) is 30.1 Å². The van der Waals surface area contributed by atoms with E-state index in [0.717, 1.165) is 0 Å². The standard InChI is InChI=1S/C13H10ClN3O3S/c14-12-6-10(2-1-5-18)3-4-13(12)21(19,20)17-11-7-15-9-16-8-11/h3-4,6-9,17-18H,5H2. The van der Waals surface area contributed by atoms with E-state index >= 15 is 0 Å². The third-order valence-corrected chi connectivity index (χ3v) is 4.21. The fourth-order valence-corrected chi connectivity index (χ4v) is 3.07. The Morgan fingerprint density at radius 3 is 2.62 bits per heavy atom. The summed E-state index contributed by atoms with van der Waals surface area (Å²) in [6.45, 7) is -0.284. The maximum atomic E-state index is 12.2. The zero-order valence-electron chi connectivity index (χ0n) is 10.6. The minimum Gasteiger partial charge on any atom is -0.384 e. The molecule has 0 saturated heterocycles. The number of aromatic nitrogens is 2. The van der Waals surface area contributed by atoms with E-state index in [1.54, 1.807) is 0 Å². The monoisotopic (exact) mass is 323 g/mol. The van der Waals surface area contributed by atoms with Gasteiger partial charge in [-0.1, -0.05) is 23.4 Å². The molecule has 6 nitrogen and oxygen atoms in total. The molecule has 2 aromatic rings. The summed E-state index contributed by atoms with van der Waals surface area (Å²) in [6.07, 6.45) is 3.96. The largest absolute Gasteiger partial charge is 0.384 e. The highest BCUT2D eigenvalue weighted by atomic mass is 35.5. The summed E-state index contributed by atoms with van der Waals surface area (Å²) in [4.78, 5) is 7.36. The van der Waals surface area contributed by atoms with Gasteiger partial charge in [0.05, 0.1) is 23.1 Å². The van der Waals surface area contributed by atoms with E-state index in [1.807, 2.05) is 0 Å². The number of sulfonamides is 1. The maximum absolute atomic E-state index is 12.2. The number of rotatable bonds is 3. The molecule has 0 fully saturated rings. The zero-order valence-corrected chi connectivity index (χ0v) is 12.2. The van der Waals surface area contributed by atoms with Crippen LogP contribution in [0.1, 0.15) is 5.56 Å². The van der Waals surface area contributed by atoms with Gasteiger partial charge in [-0.15, -0.1) is 0 Å². The van der Waals surface area contributed by atoms with E-state index in [1.165, 1.54) is 36.9 Å². The van der Waals surface area contributed by atoms with Gasteiger partial charge in [0.2, 0.25) is 0 Å². The van der Waals surface area contributed by atoms with Gasteiger partial charge in [0.15, 0.2) is 0 Å². The number of hydrogen-bond acceptors (Lipinski definition) is 5. The Bertz CT molecular complexity index is 798. The molecule has 1 aromatic carbocycles. The Labute approximate surface area is 126 Å². The van der Waals surface area contributed by atoms with Gasteiger partial charge in [-0.2, -0.15) is 0 Å². The lowest BCUT2D eigenvalue weighted by Gasteiger charge is -2.08. The smallest absolute Gasteiger partial charge is 0.263 e. The van der Waals surface area contributed by atoms with Crippen LogP contribution in [0.25, 0.3) is 0 Å². The van der Waals surface area contributed by atoms with Crippen LogP contribution in [-0.2, 0) is 10.0 Å². The third-order valence-electron chi connectivity index (χ3n) is 2.35. The van der Waals surface area contributed by atoms with Crippen molar-refractivity contribution in [2.75, 3.05) is 11.3 Å². The molecule has 108 valence electrons. The van der Waals surface area contributed by atoms with Crippen LogP contribution in [0.15, 0.2) is 41.8 Å². The lowest BCUT2D eigenvalue weighted by Crippen LogP contribution is -2.13. The van der Waals surface area contributed by atoms with Crippen molar-refractivity contribution in [1.82, 2.24) is 9.97 Å². The molecule has 21 heavy (non-hydrogen) atoms. The second kappa shape index (κ2) is 6.54. The molecule has 0 bridgehead atoms. The van der Waals surface area contributed by atoms with Gasteiger partial charge >= 0.3 is 0 Å². The number of aliphatic hydroxyl groups is 1. The van der Waals surface area contributed by atoms with E-state index < -0.39 is 10.0 Å². The molecule has 2 rings (SSSR count). The van der Waals surface area contributed by atoms with E-state index in [2.05, 4.69) is 26.5 Å². The lowest BCUT2D eigenvalue weighted by molar-refractivity contribution is 0.350. The van der Waals surface area contributed by atoms with Gasteiger partial charge in [-0.3, -0.25) is 4.72 Å². The molecule has 1 heterocycles. The molecule has 0 radical (unpaired) electrons. The highest BCUT2D eigenvalue weighted by Gasteiger charge is 2.18. The number of nitrogens with zero attached hydrogens (tertiary/aromatic N) is 2. The predicted octanol–water partition coefficient (Wildman–Crippen LogP) is 1.27. The predicted molar refractivity (Wildman–Crippen MR) is 78.3 cm³/mol. The Kier molecular flexibility index (Phi) is 4.75. The number of anilines is 1. The van der Waals surface area contributed by atoms with Crippen LogP contribution in [0.5, 0.6) is 0 Å². The highest BCUT2D eigenvalue weighted by molar-refractivity contribution is 7.92. The molecule has 0 atom stereocenters. The molecule has 0 aliphatic heterocycles. The van der Waals surface area contributed by atoms with Crippen molar-refractivity contribution >= 4 is 27.3 Å². The quantitative estimate of drug-likeness (QED) is 0.830. The number of benzene rings is 1. The Morgan fingerprint density at radius 1 is 1.29 bits per heavy atom. The first-order valence-corrected chi connectivity index (χ1v) is 7.56. The SMILES string of the molecule is O=S(=O)(Nc1cncnc1)c1ccc(C#CCO)cc1Cl. The number of halogens is 1. The van der Waals surface area contributed by atoms with Gasteiger partial charge < -0.3 is 5.11 Å². The average molecular weight is 324 g/mol. The Balaban J connectivity index is 2.32. The van der Waals surface area contributed by atoms with Crippen molar-refractivity contribution in [3.8, 4) is 11.8 Å².